The summed E-state index contributed by atoms with van der Waals surface area (Å²) in [5, 5.41) is 112. The van der Waals surface area contributed by atoms with E-state index in [0.717, 1.165) is 18.2 Å². The Kier molecular flexibility index (Phi) is 8.77. The Hall–Kier alpha value is -3.55. The second kappa shape index (κ2) is 12.2. The number of phenolic OH excluding ortho intramolecular Hbond substituents is 4. The van der Waals surface area contributed by atoms with Crippen LogP contribution >= 0.6 is 0 Å². The molecule has 0 aliphatic carbocycles. The zero-order valence-electron chi connectivity index (χ0n) is 22.1. The van der Waals surface area contributed by atoms with E-state index in [0.29, 0.717) is 0 Å². The number of hydrogen-bond donors (Lipinski definition) is 11. The van der Waals surface area contributed by atoms with E-state index in [-0.39, 0.29) is 33.8 Å². The molecule has 0 amide bonds. The number of rotatable bonds is 7. The van der Waals surface area contributed by atoms with Crippen molar-refractivity contribution in [2.45, 2.75) is 61.4 Å². The van der Waals surface area contributed by atoms with Crippen LogP contribution in [0.1, 0.15) is 0 Å². The molecule has 3 aromatic rings. The largest absolute Gasteiger partial charge is 0.507 e. The van der Waals surface area contributed by atoms with Gasteiger partial charge in [0.05, 0.1) is 24.8 Å². The van der Waals surface area contributed by atoms with Crippen molar-refractivity contribution in [2.75, 3.05) is 13.2 Å². The SMILES string of the molecule is OC[C@H]1O[C@@H](O[C@H]2C(Oc3cc4c(O)cc(O)cc4[o+]c3-c3ccc(O)c(O)c3)O[C@H](CO)[C@@H](O)[C@@H]2O)[C@H](O)[C@@H](O)[C@@H]1O. The van der Waals surface area contributed by atoms with E-state index in [9.17, 15) is 56.2 Å². The standard InChI is InChI=1S/C27H30O16/c28-7-17-19(34)21(36)23(38)26(41-17)43-25-22(37)20(35)18(8-29)42-27(25)40-16-6-11-13(32)4-10(30)5-15(11)39-24(16)9-1-2-12(31)14(33)3-9/h1-6,17-23,25-29,34-38H,7-8H2,(H3-,30,31,32,33)/p+1/t17-,18-,19-,20-,21+,22+,23-,25-,26+,27?/m1/s1. The normalized spacial score (nSPS) is 33.0. The van der Waals surface area contributed by atoms with Crippen molar-refractivity contribution >= 4 is 11.0 Å². The average molecular weight is 612 g/mol. The van der Waals surface area contributed by atoms with E-state index in [1.54, 1.807) is 0 Å². The van der Waals surface area contributed by atoms with Crippen molar-refractivity contribution in [3.63, 3.8) is 0 Å². The fourth-order valence-corrected chi connectivity index (χ4v) is 4.89. The summed E-state index contributed by atoms with van der Waals surface area (Å²) in [5.74, 6) is -2.13. The first-order valence-electron chi connectivity index (χ1n) is 13.0. The molecule has 43 heavy (non-hydrogen) atoms. The van der Waals surface area contributed by atoms with Crippen LogP contribution in [0.15, 0.2) is 40.8 Å². The molecule has 2 fully saturated rings. The molecule has 2 aliphatic rings. The van der Waals surface area contributed by atoms with Crippen molar-refractivity contribution in [3.8, 4) is 40.1 Å². The Morgan fingerprint density at radius 3 is 1.98 bits per heavy atom. The Morgan fingerprint density at radius 1 is 0.674 bits per heavy atom. The Morgan fingerprint density at radius 2 is 1.33 bits per heavy atom. The summed E-state index contributed by atoms with van der Waals surface area (Å²) >= 11 is 0. The summed E-state index contributed by atoms with van der Waals surface area (Å²) in [7, 11) is 0. The summed E-state index contributed by atoms with van der Waals surface area (Å²) in [6.45, 7) is -1.56. The maximum Gasteiger partial charge on any atom is 0.402 e. The molecular formula is C27H31O16+. The van der Waals surface area contributed by atoms with Gasteiger partial charge in [0.1, 0.15) is 59.6 Å². The molecule has 2 aliphatic heterocycles. The minimum atomic E-state index is -1.89. The lowest BCUT2D eigenvalue weighted by molar-refractivity contribution is -0.357. The van der Waals surface area contributed by atoms with Crippen molar-refractivity contribution in [1.29, 1.82) is 0 Å². The van der Waals surface area contributed by atoms with Crippen LogP contribution in [0.25, 0.3) is 22.3 Å². The zero-order chi connectivity index (χ0) is 31.2. The molecule has 0 bridgehead atoms. The van der Waals surface area contributed by atoms with Gasteiger partial charge in [0.15, 0.2) is 23.9 Å². The van der Waals surface area contributed by atoms with Gasteiger partial charge in [-0.15, -0.1) is 0 Å². The number of phenols is 4. The Balaban J connectivity index is 1.57. The van der Waals surface area contributed by atoms with Gasteiger partial charge in [-0.05, 0) is 12.1 Å². The monoisotopic (exact) mass is 611 g/mol. The second-order valence-electron chi connectivity index (χ2n) is 10.1. The third-order valence-corrected chi connectivity index (χ3v) is 7.26. The Labute approximate surface area is 242 Å². The van der Waals surface area contributed by atoms with Gasteiger partial charge in [-0.25, -0.2) is 4.42 Å². The van der Waals surface area contributed by atoms with E-state index in [2.05, 4.69) is 0 Å². The van der Waals surface area contributed by atoms with Crippen LogP contribution in [-0.4, -0.2) is 131 Å². The highest BCUT2D eigenvalue weighted by Gasteiger charge is 2.51. The molecule has 2 aromatic carbocycles. The van der Waals surface area contributed by atoms with Crippen LogP contribution in [0.2, 0.25) is 0 Å². The minimum absolute atomic E-state index is 0.0288. The van der Waals surface area contributed by atoms with Gasteiger partial charge in [0, 0.05) is 18.2 Å². The van der Waals surface area contributed by atoms with Crippen molar-refractivity contribution in [2.24, 2.45) is 0 Å². The first kappa shape index (κ1) is 30.9. The van der Waals surface area contributed by atoms with Gasteiger partial charge in [-0.3, -0.25) is 0 Å². The van der Waals surface area contributed by atoms with E-state index < -0.39 is 91.9 Å². The lowest BCUT2D eigenvalue weighted by Crippen LogP contribution is -2.65. The number of fused-ring (bicyclic) bond motifs is 1. The summed E-state index contributed by atoms with van der Waals surface area (Å²) in [5.41, 5.74) is 0.0892. The molecule has 11 N–H and O–H groups in total. The minimum Gasteiger partial charge on any atom is -0.507 e. The van der Waals surface area contributed by atoms with Crippen LogP contribution in [-0.2, 0) is 14.2 Å². The molecule has 1 aromatic heterocycles. The maximum atomic E-state index is 10.9. The van der Waals surface area contributed by atoms with Crippen LogP contribution in [0.4, 0.5) is 0 Å². The van der Waals surface area contributed by atoms with Gasteiger partial charge >= 0.3 is 11.3 Å². The van der Waals surface area contributed by atoms with E-state index in [1.807, 2.05) is 0 Å². The molecule has 16 nitrogen and oxygen atoms in total. The zero-order valence-corrected chi connectivity index (χ0v) is 22.1. The van der Waals surface area contributed by atoms with Gasteiger partial charge in [-0.2, -0.15) is 0 Å². The topological polar surface area (TPSA) is 271 Å². The molecule has 16 heteroatoms. The highest BCUT2D eigenvalue weighted by atomic mass is 16.8. The van der Waals surface area contributed by atoms with E-state index >= 15 is 0 Å². The molecule has 10 atom stereocenters. The number of aliphatic hydroxyl groups excluding tert-OH is 7. The van der Waals surface area contributed by atoms with Crippen LogP contribution in [0, 0.1) is 0 Å². The quantitative estimate of drug-likeness (QED) is 0.104. The molecule has 3 heterocycles. The molecule has 5 rings (SSSR count). The molecule has 0 radical (unpaired) electrons. The second-order valence-corrected chi connectivity index (χ2v) is 10.1. The predicted octanol–water partition coefficient (Wildman–Crippen LogP) is -1.79. The van der Waals surface area contributed by atoms with Crippen LogP contribution in [0.5, 0.6) is 28.7 Å². The fraction of sp³-hybridized carbons (Fsp3) is 0.444. The van der Waals surface area contributed by atoms with Gasteiger partial charge in [-0.1, -0.05) is 0 Å². The van der Waals surface area contributed by atoms with Gasteiger partial charge < -0.3 is 75.1 Å². The number of aromatic hydroxyl groups is 4. The van der Waals surface area contributed by atoms with Crippen molar-refractivity contribution in [3.05, 3.63) is 36.4 Å². The number of benzene rings is 2. The number of aliphatic hydroxyl groups is 7. The van der Waals surface area contributed by atoms with E-state index in [4.69, 9.17) is 23.4 Å². The van der Waals surface area contributed by atoms with Crippen LogP contribution in [0.3, 0.4) is 0 Å². The smallest absolute Gasteiger partial charge is 0.402 e. The van der Waals surface area contributed by atoms with E-state index in [1.165, 1.54) is 18.2 Å². The highest BCUT2D eigenvalue weighted by Crippen LogP contribution is 2.42. The summed E-state index contributed by atoms with van der Waals surface area (Å²) < 4.78 is 28.6. The summed E-state index contributed by atoms with van der Waals surface area (Å²) in [6.07, 6.45) is -17.1. The molecule has 2 saturated heterocycles. The highest BCUT2D eigenvalue weighted by molar-refractivity contribution is 5.88. The third-order valence-electron chi connectivity index (χ3n) is 7.26. The molecule has 0 saturated carbocycles. The summed E-state index contributed by atoms with van der Waals surface area (Å²) in [4.78, 5) is 0. The number of ether oxygens (including phenoxy) is 4. The van der Waals surface area contributed by atoms with Crippen molar-refractivity contribution < 1.29 is 79.5 Å². The third kappa shape index (κ3) is 5.85. The Bertz CT molecular complexity index is 1450. The first-order chi connectivity index (χ1) is 20.4. The first-order valence-corrected chi connectivity index (χ1v) is 13.0. The number of hydrogen-bond acceptors (Lipinski definition) is 15. The molecule has 1 unspecified atom stereocenters. The molecular weight excluding hydrogens is 580 g/mol. The fourth-order valence-electron chi connectivity index (χ4n) is 4.89. The predicted molar refractivity (Wildman–Crippen MR) is 140 cm³/mol. The van der Waals surface area contributed by atoms with Gasteiger partial charge in [0.25, 0.3) is 0 Å². The molecule has 234 valence electrons. The van der Waals surface area contributed by atoms with Gasteiger partial charge in [0.2, 0.25) is 12.0 Å². The van der Waals surface area contributed by atoms with Crippen LogP contribution < -0.4 is 4.74 Å². The summed E-state index contributed by atoms with van der Waals surface area (Å²) in [6, 6.07) is 7.08. The van der Waals surface area contributed by atoms with Crippen molar-refractivity contribution in [1.82, 2.24) is 0 Å². The lowest BCUT2D eigenvalue weighted by atomic mass is 9.97. The maximum absolute atomic E-state index is 10.9. The average Bonchev–Trinajstić information content (AvgIpc) is 2.98. The molecule has 0 spiro atoms. The lowest BCUT2D eigenvalue weighted by Gasteiger charge is -2.45.